The molecule has 1 saturated carbocycles. The molecule has 1 rings (SSSR count). The van der Waals surface area contributed by atoms with E-state index in [1.54, 1.807) is 0 Å². The normalized spacial score (nSPS) is 17.4. The number of carbonyl (C=O) groups excluding carboxylic acids is 1. The number of hydrogen-bond donors (Lipinski definition) is 2. The molecule has 0 radical (unpaired) electrons. The number of aliphatic carboxylic acids is 1. The molecule has 20 heavy (non-hydrogen) atoms. The molecule has 1 fully saturated rings. The zero-order valence-electron chi connectivity index (χ0n) is 12.8. The van der Waals surface area contributed by atoms with Gasteiger partial charge < -0.3 is 15.3 Å². The molecule has 0 unspecified atom stereocenters. The second-order valence-corrected chi connectivity index (χ2v) is 5.83. The minimum absolute atomic E-state index is 0.000283. The summed E-state index contributed by atoms with van der Waals surface area (Å²) in [5.74, 6) is -0.789. The molecule has 116 valence electrons. The van der Waals surface area contributed by atoms with E-state index in [9.17, 15) is 9.59 Å². The van der Waals surface area contributed by atoms with Gasteiger partial charge >= 0.3 is 5.97 Å². The molecule has 1 amide bonds. The monoisotopic (exact) mass is 284 g/mol. The molecule has 0 spiro atoms. The summed E-state index contributed by atoms with van der Waals surface area (Å²) in [6.45, 7) is 7.66. The largest absolute Gasteiger partial charge is 0.481 e. The summed E-state index contributed by atoms with van der Waals surface area (Å²) in [7, 11) is 0. The van der Waals surface area contributed by atoms with E-state index in [1.165, 1.54) is 0 Å². The fraction of sp³-hybridized carbons (Fsp3) is 0.867. The average molecular weight is 284 g/mol. The number of carboxylic acids is 1. The third-order valence-electron chi connectivity index (χ3n) is 4.37. The lowest BCUT2D eigenvalue weighted by Crippen LogP contribution is -2.37. The van der Waals surface area contributed by atoms with Gasteiger partial charge in [0, 0.05) is 19.5 Å². The third kappa shape index (κ3) is 5.49. The molecule has 2 N–H and O–H groups in total. The first-order chi connectivity index (χ1) is 9.51. The Balaban J connectivity index is 2.37. The Kier molecular flexibility index (Phi) is 6.99. The summed E-state index contributed by atoms with van der Waals surface area (Å²) in [5, 5.41) is 12.0. The van der Waals surface area contributed by atoms with Gasteiger partial charge in [0.25, 0.3) is 0 Å². The van der Waals surface area contributed by atoms with E-state index in [4.69, 9.17) is 5.11 Å². The van der Waals surface area contributed by atoms with Crippen LogP contribution in [-0.4, -0.2) is 48.1 Å². The van der Waals surface area contributed by atoms with Gasteiger partial charge in [-0.05, 0) is 31.3 Å². The van der Waals surface area contributed by atoms with Crippen LogP contribution in [0.4, 0.5) is 0 Å². The van der Waals surface area contributed by atoms with Crippen LogP contribution in [-0.2, 0) is 9.59 Å². The van der Waals surface area contributed by atoms with E-state index in [1.807, 2.05) is 0 Å². The van der Waals surface area contributed by atoms with E-state index < -0.39 is 5.97 Å². The number of carboxylic acid groups (broad SMARTS) is 1. The second-order valence-electron chi connectivity index (χ2n) is 5.83. The number of amides is 1. The van der Waals surface area contributed by atoms with Crippen molar-refractivity contribution in [3.63, 3.8) is 0 Å². The summed E-state index contributed by atoms with van der Waals surface area (Å²) in [4.78, 5) is 25.3. The Labute approximate surface area is 121 Å². The van der Waals surface area contributed by atoms with Gasteiger partial charge in [-0.1, -0.05) is 26.7 Å². The maximum Gasteiger partial charge on any atom is 0.303 e. The molecule has 0 aromatic carbocycles. The molecule has 0 aromatic rings. The average Bonchev–Trinajstić information content (AvgIpc) is 2.81. The number of rotatable bonds is 9. The lowest BCUT2D eigenvalue weighted by Gasteiger charge is -2.26. The summed E-state index contributed by atoms with van der Waals surface area (Å²) < 4.78 is 0. The maximum absolute atomic E-state index is 12.0. The number of nitrogens with one attached hydrogen (secondary N) is 1. The molecular weight excluding hydrogens is 256 g/mol. The van der Waals surface area contributed by atoms with Crippen LogP contribution in [0, 0.1) is 5.41 Å². The van der Waals surface area contributed by atoms with Crippen molar-refractivity contribution >= 4 is 11.9 Å². The zero-order chi connectivity index (χ0) is 15.0. The van der Waals surface area contributed by atoms with Crippen molar-refractivity contribution in [2.75, 3.05) is 26.2 Å². The van der Waals surface area contributed by atoms with Gasteiger partial charge in [-0.3, -0.25) is 9.59 Å². The predicted octanol–water partition coefficient (Wildman–Crippen LogP) is 1.87. The number of likely N-dealkylation sites (N-methyl/N-ethyl adjacent to an activating group) is 1. The van der Waals surface area contributed by atoms with Crippen molar-refractivity contribution in [1.29, 1.82) is 0 Å². The van der Waals surface area contributed by atoms with Crippen molar-refractivity contribution in [3.05, 3.63) is 0 Å². The molecule has 0 heterocycles. The van der Waals surface area contributed by atoms with Crippen molar-refractivity contribution in [1.82, 2.24) is 10.2 Å². The quantitative estimate of drug-likeness (QED) is 0.678. The highest BCUT2D eigenvalue weighted by Crippen LogP contribution is 2.43. The van der Waals surface area contributed by atoms with Crippen molar-refractivity contribution in [2.45, 2.75) is 52.4 Å². The summed E-state index contributed by atoms with van der Waals surface area (Å²) in [5.41, 5.74) is -0.300. The van der Waals surface area contributed by atoms with Gasteiger partial charge in [0.05, 0.1) is 6.42 Å². The molecule has 0 atom stereocenters. The summed E-state index contributed by atoms with van der Waals surface area (Å²) >= 11 is 0. The van der Waals surface area contributed by atoms with Crippen LogP contribution in [0.2, 0.25) is 0 Å². The molecule has 0 aliphatic heterocycles. The Morgan fingerprint density at radius 1 is 1.15 bits per heavy atom. The second kappa shape index (κ2) is 8.25. The van der Waals surface area contributed by atoms with Crippen molar-refractivity contribution < 1.29 is 14.7 Å². The van der Waals surface area contributed by atoms with Gasteiger partial charge in [0.2, 0.25) is 5.91 Å². The van der Waals surface area contributed by atoms with Crippen LogP contribution in [0.5, 0.6) is 0 Å². The predicted molar refractivity (Wildman–Crippen MR) is 78.6 cm³/mol. The van der Waals surface area contributed by atoms with E-state index in [0.29, 0.717) is 13.0 Å². The topological polar surface area (TPSA) is 69.6 Å². The van der Waals surface area contributed by atoms with E-state index in [2.05, 4.69) is 24.1 Å². The van der Waals surface area contributed by atoms with Gasteiger partial charge in [-0.25, -0.2) is 0 Å². The fourth-order valence-corrected chi connectivity index (χ4v) is 3.16. The first-order valence-electron chi connectivity index (χ1n) is 7.72. The molecule has 5 nitrogen and oxygen atoms in total. The van der Waals surface area contributed by atoms with Crippen molar-refractivity contribution in [3.8, 4) is 0 Å². The van der Waals surface area contributed by atoms with Gasteiger partial charge in [-0.15, -0.1) is 0 Å². The molecule has 1 aliphatic carbocycles. The Morgan fingerprint density at radius 3 is 2.25 bits per heavy atom. The number of nitrogens with zero attached hydrogens (tertiary/aromatic N) is 1. The van der Waals surface area contributed by atoms with Gasteiger partial charge in [0.15, 0.2) is 0 Å². The van der Waals surface area contributed by atoms with Crippen molar-refractivity contribution in [2.24, 2.45) is 5.41 Å². The Hall–Kier alpha value is -1.10. The first kappa shape index (κ1) is 17.0. The SMILES string of the molecule is CCN(CC)CCNC(=O)CC1(CC(=O)O)CCCC1. The lowest BCUT2D eigenvalue weighted by molar-refractivity contribution is -0.140. The van der Waals surface area contributed by atoms with Crippen LogP contribution < -0.4 is 5.32 Å². The highest BCUT2D eigenvalue weighted by molar-refractivity contribution is 5.78. The molecule has 0 saturated heterocycles. The van der Waals surface area contributed by atoms with Crippen LogP contribution in [0.25, 0.3) is 0 Å². The molecule has 5 heteroatoms. The van der Waals surface area contributed by atoms with Crippen LogP contribution in [0.3, 0.4) is 0 Å². The standard InChI is InChI=1S/C15H28N2O3/c1-3-17(4-2)10-9-16-13(18)11-15(12-14(19)20)7-5-6-8-15/h3-12H2,1-2H3,(H,16,18)(H,19,20). The Bertz CT molecular complexity index is 321. The molecule has 0 bridgehead atoms. The Morgan fingerprint density at radius 2 is 1.75 bits per heavy atom. The maximum atomic E-state index is 12.0. The van der Waals surface area contributed by atoms with Crippen LogP contribution >= 0.6 is 0 Å². The third-order valence-corrected chi connectivity index (χ3v) is 4.37. The lowest BCUT2D eigenvalue weighted by atomic mass is 9.79. The van der Waals surface area contributed by atoms with E-state index >= 15 is 0 Å². The molecular formula is C15H28N2O3. The van der Waals surface area contributed by atoms with Gasteiger partial charge in [-0.2, -0.15) is 0 Å². The highest BCUT2D eigenvalue weighted by Gasteiger charge is 2.37. The molecule has 1 aliphatic rings. The summed E-state index contributed by atoms with van der Waals surface area (Å²) in [6, 6.07) is 0. The fourth-order valence-electron chi connectivity index (χ4n) is 3.16. The number of hydrogen-bond acceptors (Lipinski definition) is 3. The highest BCUT2D eigenvalue weighted by atomic mass is 16.4. The van der Waals surface area contributed by atoms with E-state index in [0.717, 1.165) is 45.3 Å². The van der Waals surface area contributed by atoms with Crippen LogP contribution in [0.15, 0.2) is 0 Å². The number of carbonyl (C=O) groups is 2. The minimum atomic E-state index is -0.789. The summed E-state index contributed by atoms with van der Waals surface area (Å²) in [6.07, 6.45) is 4.29. The van der Waals surface area contributed by atoms with Crippen LogP contribution in [0.1, 0.15) is 52.4 Å². The minimum Gasteiger partial charge on any atom is -0.481 e. The zero-order valence-corrected chi connectivity index (χ0v) is 12.8. The molecule has 0 aromatic heterocycles. The smallest absolute Gasteiger partial charge is 0.303 e. The first-order valence-corrected chi connectivity index (χ1v) is 7.72. The van der Waals surface area contributed by atoms with Gasteiger partial charge in [0.1, 0.15) is 0 Å². The van der Waals surface area contributed by atoms with E-state index in [-0.39, 0.29) is 17.7 Å².